The van der Waals surface area contributed by atoms with Gasteiger partial charge in [-0.05, 0) is 68.6 Å². The van der Waals surface area contributed by atoms with E-state index in [1.165, 1.54) is 12.8 Å². The molecule has 1 nitrogen and oxygen atoms in total. The highest BCUT2D eigenvalue weighted by atomic mass is 16.5. The normalized spacial score (nSPS) is 58.4. The minimum Gasteiger partial charge on any atom is -0.372 e. The van der Waals surface area contributed by atoms with E-state index < -0.39 is 0 Å². The zero-order valence-electron chi connectivity index (χ0n) is 11.4. The van der Waals surface area contributed by atoms with E-state index in [1.54, 1.807) is 0 Å². The predicted octanol–water partition coefficient (Wildman–Crippen LogP) is 3.65. The van der Waals surface area contributed by atoms with Crippen LogP contribution in [0.5, 0.6) is 0 Å². The Morgan fingerprint density at radius 1 is 1.12 bits per heavy atom. The number of hydrogen-bond donors (Lipinski definition) is 0. The van der Waals surface area contributed by atoms with Crippen LogP contribution in [-0.4, -0.2) is 11.7 Å². The average molecular weight is 232 g/mol. The van der Waals surface area contributed by atoms with Crippen LogP contribution in [-0.2, 0) is 4.74 Å². The van der Waals surface area contributed by atoms with E-state index in [-0.39, 0.29) is 5.60 Å². The van der Waals surface area contributed by atoms with Crippen molar-refractivity contribution in [3.8, 4) is 0 Å². The van der Waals surface area contributed by atoms with Crippen LogP contribution in [0.15, 0.2) is 12.2 Å². The Morgan fingerprint density at radius 2 is 1.88 bits per heavy atom. The van der Waals surface area contributed by atoms with Gasteiger partial charge in [-0.15, -0.1) is 0 Å². The Morgan fingerprint density at radius 3 is 2.59 bits per heavy atom. The van der Waals surface area contributed by atoms with Gasteiger partial charge in [0.15, 0.2) is 0 Å². The van der Waals surface area contributed by atoms with E-state index in [4.69, 9.17) is 4.74 Å². The fourth-order valence-electron chi connectivity index (χ4n) is 5.75. The SMILES string of the molecule is CC(C)(C)O[C@H]1[C@@H]2[C@@H]3[C@H]4CC=CC[C@@](C)([C@H]23)[C@H]41. The van der Waals surface area contributed by atoms with Crippen molar-refractivity contribution >= 4 is 0 Å². The van der Waals surface area contributed by atoms with Crippen LogP contribution in [0, 0.1) is 35.0 Å². The third-order valence-electron chi connectivity index (χ3n) is 5.97. The zero-order chi connectivity index (χ0) is 12.0. The summed E-state index contributed by atoms with van der Waals surface area (Å²) in [5.41, 5.74) is 0.602. The molecule has 94 valence electrons. The lowest BCUT2D eigenvalue weighted by atomic mass is 9.75. The van der Waals surface area contributed by atoms with E-state index in [9.17, 15) is 0 Å². The van der Waals surface area contributed by atoms with Crippen molar-refractivity contribution < 1.29 is 4.74 Å². The van der Waals surface area contributed by atoms with Crippen molar-refractivity contribution in [1.29, 1.82) is 0 Å². The molecule has 0 aromatic carbocycles. The second-order valence-electron chi connectivity index (χ2n) is 7.98. The minimum absolute atomic E-state index is 0.0300. The maximum Gasteiger partial charge on any atom is 0.0652 e. The number of ether oxygens (including phenoxy) is 1. The van der Waals surface area contributed by atoms with Crippen molar-refractivity contribution in [2.45, 2.75) is 52.2 Å². The van der Waals surface area contributed by atoms with Crippen LogP contribution in [0.4, 0.5) is 0 Å². The first kappa shape index (κ1) is 10.6. The molecule has 0 aliphatic heterocycles. The lowest BCUT2D eigenvalue weighted by Gasteiger charge is -2.34. The molecule has 0 amide bonds. The van der Waals surface area contributed by atoms with Gasteiger partial charge in [-0.3, -0.25) is 0 Å². The van der Waals surface area contributed by atoms with Gasteiger partial charge in [0.05, 0.1) is 11.7 Å². The largest absolute Gasteiger partial charge is 0.372 e. The molecule has 0 radical (unpaired) electrons. The monoisotopic (exact) mass is 232 g/mol. The van der Waals surface area contributed by atoms with Gasteiger partial charge in [-0.2, -0.15) is 0 Å². The molecule has 5 aliphatic carbocycles. The molecule has 0 aromatic rings. The summed E-state index contributed by atoms with van der Waals surface area (Å²) < 4.78 is 6.44. The summed E-state index contributed by atoms with van der Waals surface area (Å²) in [7, 11) is 0. The lowest BCUT2D eigenvalue weighted by molar-refractivity contribution is -0.0893. The summed E-state index contributed by atoms with van der Waals surface area (Å²) in [5, 5.41) is 0. The molecule has 4 saturated carbocycles. The molecular weight excluding hydrogens is 208 g/mol. The zero-order valence-corrected chi connectivity index (χ0v) is 11.4. The van der Waals surface area contributed by atoms with Gasteiger partial charge in [-0.1, -0.05) is 19.1 Å². The van der Waals surface area contributed by atoms with Crippen molar-refractivity contribution in [3.05, 3.63) is 12.2 Å². The Hall–Kier alpha value is -0.300. The summed E-state index contributed by atoms with van der Waals surface area (Å²) in [4.78, 5) is 0. The van der Waals surface area contributed by atoms with Crippen LogP contribution in [0.1, 0.15) is 40.5 Å². The molecule has 6 bridgehead atoms. The van der Waals surface area contributed by atoms with Gasteiger partial charge in [0, 0.05) is 0 Å². The molecule has 4 fully saturated rings. The third kappa shape index (κ3) is 1.15. The summed E-state index contributed by atoms with van der Waals surface area (Å²) in [5.74, 6) is 4.71. The highest BCUT2D eigenvalue weighted by molar-refractivity contribution is 5.31. The Kier molecular flexibility index (Phi) is 1.76. The molecule has 0 aromatic heterocycles. The van der Waals surface area contributed by atoms with Crippen molar-refractivity contribution in [3.63, 3.8) is 0 Å². The fraction of sp³-hybridized carbons (Fsp3) is 0.875. The van der Waals surface area contributed by atoms with Gasteiger partial charge in [0.25, 0.3) is 0 Å². The summed E-state index contributed by atoms with van der Waals surface area (Å²) in [6.07, 6.45) is 8.07. The van der Waals surface area contributed by atoms with E-state index in [0.717, 1.165) is 29.6 Å². The summed E-state index contributed by atoms with van der Waals surface area (Å²) >= 11 is 0. The molecule has 17 heavy (non-hydrogen) atoms. The highest BCUT2D eigenvalue weighted by Gasteiger charge is 2.82. The van der Waals surface area contributed by atoms with Crippen molar-refractivity contribution in [2.24, 2.45) is 35.0 Å². The van der Waals surface area contributed by atoms with Crippen LogP contribution in [0.2, 0.25) is 0 Å². The summed E-state index contributed by atoms with van der Waals surface area (Å²) in [6.45, 7) is 9.18. The average Bonchev–Trinajstić information content (AvgIpc) is 2.74. The molecular formula is C16H24O. The standard InChI is InChI=1S/C16H24O/c1-15(2,3)17-14-11-10-9-7-5-6-8-16(4,12(9)14)13(10)11/h5-6,9-14H,7-8H2,1-4H3/t9-,10+,11-,12-,13+,14+,16-/m1/s1. The van der Waals surface area contributed by atoms with Crippen LogP contribution in [0.3, 0.4) is 0 Å². The van der Waals surface area contributed by atoms with E-state index in [0.29, 0.717) is 11.5 Å². The first-order chi connectivity index (χ1) is 7.93. The van der Waals surface area contributed by atoms with Crippen molar-refractivity contribution in [2.75, 3.05) is 0 Å². The number of allylic oxidation sites excluding steroid dienone is 2. The predicted molar refractivity (Wildman–Crippen MR) is 68.6 cm³/mol. The van der Waals surface area contributed by atoms with Crippen LogP contribution < -0.4 is 0 Å². The lowest BCUT2D eigenvalue weighted by Crippen LogP contribution is -2.35. The Balaban J connectivity index is 1.68. The molecule has 0 heterocycles. The first-order valence-corrected chi connectivity index (χ1v) is 7.26. The first-order valence-electron chi connectivity index (χ1n) is 7.26. The molecule has 5 rings (SSSR count). The van der Waals surface area contributed by atoms with E-state index in [2.05, 4.69) is 39.8 Å². The quantitative estimate of drug-likeness (QED) is 0.627. The van der Waals surface area contributed by atoms with Crippen molar-refractivity contribution in [1.82, 2.24) is 0 Å². The minimum atomic E-state index is 0.0300. The fourth-order valence-corrected chi connectivity index (χ4v) is 5.75. The van der Waals surface area contributed by atoms with Gasteiger partial charge in [-0.25, -0.2) is 0 Å². The van der Waals surface area contributed by atoms with E-state index >= 15 is 0 Å². The third-order valence-corrected chi connectivity index (χ3v) is 5.97. The molecule has 7 atom stereocenters. The van der Waals surface area contributed by atoms with Gasteiger partial charge in [0.2, 0.25) is 0 Å². The van der Waals surface area contributed by atoms with Crippen LogP contribution in [0.25, 0.3) is 0 Å². The van der Waals surface area contributed by atoms with Gasteiger partial charge >= 0.3 is 0 Å². The van der Waals surface area contributed by atoms with Gasteiger partial charge < -0.3 is 4.74 Å². The smallest absolute Gasteiger partial charge is 0.0652 e. The highest BCUT2D eigenvalue weighted by Crippen LogP contribution is 2.83. The molecule has 0 unspecified atom stereocenters. The molecule has 1 heteroatoms. The second kappa shape index (κ2) is 2.82. The number of rotatable bonds is 1. The number of hydrogen-bond acceptors (Lipinski definition) is 1. The van der Waals surface area contributed by atoms with Crippen LogP contribution >= 0.6 is 0 Å². The summed E-state index contributed by atoms with van der Waals surface area (Å²) in [6, 6.07) is 0. The van der Waals surface area contributed by atoms with E-state index in [1.807, 2.05) is 0 Å². The molecule has 0 N–H and O–H groups in total. The maximum absolute atomic E-state index is 6.44. The van der Waals surface area contributed by atoms with Gasteiger partial charge in [0.1, 0.15) is 0 Å². The molecule has 0 saturated heterocycles. The maximum atomic E-state index is 6.44. The molecule has 5 aliphatic rings. The molecule has 0 spiro atoms. The Labute approximate surface area is 105 Å². The Bertz CT molecular complexity index is 391. The topological polar surface area (TPSA) is 9.23 Å². The second-order valence-corrected chi connectivity index (χ2v) is 7.98.